The number of nitrogens with one attached hydrogen (secondary N) is 1. The predicted octanol–water partition coefficient (Wildman–Crippen LogP) is 3.58. The van der Waals surface area contributed by atoms with Gasteiger partial charge in [-0.1, -0.05) is 42.7 Å². The summed E-state index contributed by atoms with van der Waals surface area (Å²) >= 11 is 6.09. The molecule has 0 saturated carbocycles. The molecule has 0 aliphatic carbocycles. The Labute approximate surface area is 182 Å². The van der Waals surface area contributed by atoms with Gasteiger partial charge < -0.3 is 24.4 Å². The fourth-order valence-electron chi connectivity index (χ4n) is 2.34. The van der Waals surface area contributed by atoms with Crippen LogP contribution in [-0.2, 0) is 11.4 Å². The summed E-state index contributed by atoms with van der Waals surface area (Å²) in [6.45, 7) is 6.58. The van der Waals surface area contributed by atoms with E-state index in [9.17, 15) is 9.90 Å². The lowest BCUT2D eigenvalue weighted by atomic mass is 10.1. The molecule has 7 nitrogen and oxygen atoms in total. The number of benzene rings is 1. The number of halogens is 2. The second-order valence-electron chi connectivity index (χ2n) is 6.78. The zero-order chi connectivity index (χ0) is 20.5. The summed E-state index contributed by atoms with van der Waals surface area (Å²) in [6.07, 6.45) is -0.264. The quantitative estimate of drug-likeness (QED) is 0.481. The number of hydrogen-bond donors (Lipinski definition) is 2. The van der Waals surface area contributed by atoms with Crippen LogP contribution in [-0.4, -0.2) is 41.8 Å². The second kappa shape index (κ2) is 12.7. The first-order valence-corrected chi connectivity index (χ1v) is 9.63. The molecule has 1 atom stereocenters. The van der Waals surface area contributed by atoms with Crippen LogP contribution in [0.1, 0.15) is 31.7 Å². The molecular weight excluding hydrogens is 419 g/mol. The number of carbonyl (C=O) groups excluding carboxylic acids is 1. The molecule has 162 valence electrons. The number of ketones is 1. The van der Waals surface area contributed by atoms with Crippen LogP contribution >= 0.6 is 24.0 Å². The van der Waals surface area contributed by atoms with E-state index >= 15 is 0 Å². The Morgan fingerprint density at radius 3 is 2.52 bits per heavy atom. The number of Topliss-reactive ketones (excluding diaryl/α,β-unsaturated/α-hetero) is 1. The number of hydrogen-bond acceptors (Lipinski definition) is 7. The molecule has 29 heavy (non-hydrogen) atoms. The van der Waals surface area contributed by atoms with Gasteiger partial charge in [-0.05, 0) is 19.1 Å². The van der Waals surface area contributed by atoms with Gasteiger partial charge in [-0.3, -0.25) is 4.79 Å². The first-order chi connectivity index (χ1) is 13.4. The van der Waals surface area contributed by atoms with Crippen LogP contribution in [0.5, 0.6) is 11.5 Å². The van der Waals surface area contributed by atoms with Gasteiger partial charge in [-0.25, -0.2) is 0 Å². The van der Waals surface area contributed by atoms with Gasteiger partial charge in [-0.2, -0.15) is 0 Å². The van der Waals surface area contributed by atoms with Gasteiger partial charge in [0.05, 0.1) is 5.69 Å². The van der Waals surface area contributed by atoms with Crippen LogP contribution < -0.4 is 14.8 Å². The summed E-state index contributed by atoms with van der Waals surface area (Å²) in [5, 5.41) is 17.4. The van der Waals surface area contributed by atoms with Gasteiger partial charge >= 0.3 is 0 Å². The Hall–Kier alpha value is -1.80. The average Bonchev–Trinajstić information content (AvgIpc) is 3.00. The summed E-state index contributed by atoms with van der Waals surface area (Å²) in [5.74, 6) is 1.68. The molecular formula is C20H28Cl2N2O5. The third kappa shape index (κ3) is 8.22. The van der Waals surface area contributed by atoms with E-state index in [1.807, 2.05) is 26.0 Å². The van der Waals surface area contributed by atoms with Crippen molar-refractivity contribution in [2.75, 3.05) is 19.7 Å². The van der Waals surface area contributed by atoms with E-state index < -0.39 is 6.10 Å². The molecule has 2 rings (SSSR count). The molecule has 1 aromatic carbocycles. The Morgan fingerprint density at radius 1 is 1.28 bits per heavy atom. The van der Waals surface area contributed by atoms with E-state index in [1.165, 1.54) is 0 Å². The van der Waals surface area contributed by atoms with Crippen molar-refractivity contribution >= 4 is 29.8 Å². The molecule has 0 spiro atoms. The average molecular weight is 447 g/mol. The molecule has 0 fully saturated rings. The van der Waals surface area contributed by atoms with Gasteiger partial charge in [0.25, 0.3) is 0 Å². The molecule has 2 N–H and O–H groups in total. The van der Waals surface area contributed by atoms with Crippen molar-refractivity contribution in [1.29, 1.82) is 0 Å². The van der Waals surface area contributed by atoms with E-state index in [-0.39, 0.29) is 37.3 Å². The maximum atomic E-state index is 11.6. The lowest BCUT2D eigenvalue weighted by Gasteiger charge is -2.15. The Kier molecular flexibility index (Phi) is 11.0. The van der Waals surface area contributed by atoms with Crippen LogP contribution in [0.2, 0.25) is 5.02 Å². The monoisotopic (exact) mass is 446 g/mol. The number of aliphatic hydroxyl groups is 1. The molecule has 0 saturated heterocycles. The standard InChI is InChI=1S/C20H27ClN2O5.ClH/c1-13(2)16(25)8-9-22-10-15(24)11-26-17-6-4-5-7-18(17)27-12-19-20(21)14(3)23-28-19;/h4-7,13,15,22,24H,8-12H2,1-3H3;1H. The number of aryl methyl sites for hydroxylation is 1. The van der Waals surface area contributed by atoms with Crippen LogP contribution in [0, 0.1) is 12.8 Å². The summed E-state index contributed by atoms with van der Waals surface area (Å²) in [6, 6.07) is 7.15. The molecule has 0 aliphatic rings. The molecule has 0 aliphatic heterocycles. The predicted molar refractivity (Wildman–Crippen MR) is 113 cm³/mol. The molecule has 1 aromatic heterocycles. The van der Waals surface area contributed by atoms with Crippen molar-refractivity contribution in [2.24, 2.45) is 5.92 Å². The fraction of sp³-hybridized carbons (Fsp3) is 0.500. The minimum Gasteiger partial charge on any atom is -0.487 e. The van der Waals surface area contributed by atoms with Crippen molar-refractivity contribution in [3.05, 3.63) is 40.7 Å². The third-order valence-corrected chi connectivity index (χ3v) is 4.55. The van der Waals surface area contributed by atoms with Crippen molar-refractivity contribution in [3.8, 4) is 11.5 Å². The molecule has 0 radical (unpaired) electrons. The Morgan fingerprint density at radius 2 is 1.93 bits per heavy atom. The molecule has 2 aromatic rings. The van der Waals surface area contributed by atoms with Crippen LogP contribution in [0.15, 0.2) is 28.8 Å². The highest BCUT2D eigenvalue weighted by molar-refractivity contribution is 6.31. The van der Waals surface area contributed by atoms with Crippen molar-refractivity contribution in [2.45, 2.75) is 39.9 Å². The van der Waals surface area contributed by atoms with Gasteiger partial charge in [0.2, 0.25) is 0 Å². The van der Waals surface area contributed by atoms with Gasteiger partial charge in [0, 0.05) is 25.4 Å². The highest BCUT2D eigenvalue weighted by atomic mass is 35.5. The first-order valence-electron chi connectivity index (χ1n) is 9.25. The van der Waals surface area contributed by atoms with E-state index in [1.54, 1.807) is 19.1 Å². The van der Waals surface area contributed by atoms with Crippen LogP contribution in [0.4, 0.5) is 0 Å². The van der Waals surface area contributed by atoms with E-state index in [4.69, 9.17) is 25.6 Å². The summed E-state index contributed by atoms with van der Waals surface area (Å²) in [7, 11) is 0. The Bertz CT molecular complexity index is 767. The number of ether oxygens (including phenoxy) is 2. The van der Waals surface area contributed by atoms with Gasteiger partial charge in [0.15, 0.2) is 23.9 Å². The van der Waals surface area contributed by atoms with Gasteiger partial charge in [0.1, 0.15) is 23.5 Å². The maximum Gasteiger partial charge on any atom is 0.192 e. The highest BCUT2D eigenvalue weighted by Crippen LogP contribution is 2.29. The normalized spacial score (nSPS) is 11.8. The van der Waals surface area contributed by atoms with Crippen LogP contribution in [0.3, 0.4) is 0 Å². The lowest BCUT2D eigenvalue weighted by molar-refractivity contribution is -0.121. The van der Waals surface area contributed by atoms with Crippen molar-refractivity contribution in [1.82, 2.24) is 10.5 Å². The first kappa shape index (κ1) is 25.2. The van der Waals surface area contributed by atoms with Crippen molar-refractivity contribution < 1.29 is 23.9 Å². The second-order valence-corrected chi connectivity index (χ2v) is 7.16. The number of carbonyl (C=O) groups is 1. The van der Waals surface area contributed by atoms with Gasteiger partial charge in [-0.15, -0.1) is 12.4 Å². The summed E-state index contributed by atoms with van der Waals surface area (Å²) in [5.41, 5.74) is 0.607. The fourth-order valence-corrected chi connectivity index (χ4v) is 2.46. The summed E-state index contributed by atoms with van der Waals surface area (Å²) in [4.78, 5) is 11.6. The highest BCUT2D eigenvalue weighted by Gasteiger charge is 2.14. The third-order valence-electron chi connectivity index (χ3n) is 4.07. The minimum absolute atomic E-state index is 0. The molecule has 0 amide bonds. The number of para-hydroxylation sites is 2. The van der Waals surface area contributed by atoms with Crippen LogP contribution in [0.25, 0.3) is 0 Å². The summed E-state index contributed by atoms with van der Waals surface area (Å²) < 4.78 is 16.5. The molecule has 9 heteroatoms. The number of rotatable bonds is 12. The lowest BCUT2D eigenvalue weighted by Crippen LogP contribution is -2.33. The topological polar surface area (TPSA) is 93.8 Å². The zero-order valence-corrected chi connectivity index (χ0v) is 18.4. The minimum atomic E-state index is -0.714. The number of nitrogens with zero attached hydrogens (tertiary/aromatic N) is 1. The largest absolute Gasteiger partial charge is 0.487 e. The SMILES string of the molecule is Cc1noc(COc2ccccc2OCC(O)CNCCC(=O)C(C)C)c1Cl.Cl. The maximum absolute atomic E-state index is 11.6. The van der Waals surface area contributed by atoms with E-state index in [2.05, 4.69) is 10.5 Å². The number of aromatic nitrogens is 1. The molecule has 1 heterocycles. The number of aliphatic hydroxyl groups excluding tert-OH is 1. The Balaban J connectivity index is 0.00000420. The zero-order valence-electron chi connectivity index (χ0n) is 16.8. The molecule has 0 bridgehead atoms. The van der Waals surface area contributed by atoms with Crippen molar-refractivity contribution in [3.63, 3.8) is 0 Å². The van der Waals surface area contributed by atoms with E-state index in [0.29, 0.717) is 47.5 Å². The molecule has 1 unspecified atom stereocenters. The van der Waals surface area contributed by atoms with E-state index in [0.717, 1.165) is 0 Å². The smallest absolute Gasteiger partial charge is 0.192 e.